The second-order valence-corrected chi connectivity index (χ2v) is 9.48. The van der Waals surface area contributed by atoms with Crippen molar-refractivity contribution >= 4 is 52.9 Å². The Bertz CT molecular complexity index is 1570. The normalized spacial score (nSPS) is 10.7. The Kier molecular flexibility index (Phi) is 10.1. The highest BCUT2D eigenvalue weighted by Crippen LogP contribution is 2.30. The number of amides is 2. The fraction of sp³-hybridized carbons (Fsp3) is 0.0968. The van der Waals surface area contributed by atoms with E-state index in [0.29, 0.717) is 34.2 Å². The summed E-state index contributed by atoms with van der Waals surface area (Å²) in [6, 6.07) is 25.2. The number of halogens is 2. The van der Waals surface area contributed by atoms with Crippen molar-refractivity contribution in [3.63, 3.8) is 0 Å². The summed E-state index contributed by atoms with van der Waals surface area (Å²) >= 11 is 12.0. The van der Waals surface area contributed by atoms with Gasteiger partial charge >= 0.3 is 5.97 Å². The first kappa shape index (κ1) is 29.3. The molecular weight excluding hydrogens is 565 g/mol. The predicted octanol–water partition coefficient (Wildman–Crippen LogP) is 6.56. The van der Waals surface area contributed by atoms with Crippen LogP contribution in [0, 0.1) is 0 Å². The molecule has 41 heavy (non-hydrogen) atoms. The van der Waals surface area contributed by atoms with E-state index in [1.54, 1.807) is 55.5 Å². The van der Waals surface area contributed by atoms with Crippen molar-refractivity contribution in [1.29, 1.82) is 0 Å². The summed E-state index contributed by atoms with van der Waals surface area (Å²) in [6.45, 7) is 2.12. The summed E-state index contributed by atoms with van der Waals surface area (Å²) < 4.78 is 11.1. The Balaban J connectivity index is 1.34. The lowest BCUT2D eigenvalue weighted by Gasteiger charge is -2.12. The molecule has 0 aromatic heterocycles. The van der Waals surface area contributed by atoms with Crippen LogP contribution in [0.4, 0.5) is 5.69 Å². The van der Waals surface area contributed by atoms with Gasteiger partial charge in [0.1, 0.15) is 0 Å². The molecule has 8 nitrogen and oxygen atoms in total. The van der Waals surface area contributed by atoms with Gasteiger partial charge < -0.3 is 14.8 Å². The van der Waals surface area contributed by atoms with Crippen molar-refractivity contribution in [3.8, 4) is 11.5 Å². The molecule has 2 N–H and O–H groups in total. The molecular formula is C31H25Cl2N3O5. The third kappa shape index (κ3) is 8.41. The zero-order chi connectivity index (χ0) is 29.2. The maximum Gasteiger partial charge on any atom is 0.345 e. The molecule has 208 valence electrons. The van der Waals surface area contributed by atoms with Gasteiger partial charge in [-0.05, 0) is 78.7 Å². The molecule has 0 aliphatic rings. The molecule has 0 atom stereocenters. The first-order valence-corrected chi connectivity index (χ1v) is 13.3. The van der Waals surface area contributed by atoms with Gasteiger partial charge in [0.25, 0.3) is 5.91 Å². The van der Waals surface area contributed by atoms with Crippen molar-refractivity contribution < 1.29 is 23.9 Å². The first-order valence-electron chi connectivity index (χ1n) is 12.5. The topological polar surface area (TPSA) is 106 Å². The maximum absolute atomic E-state index is 12.6. The van der Waals surface area contributed by atoms with Gasteiger partial charge in [0.2, 0.25) is 5.91 Å². The molecule has 0 radical (unpaired) electrons. The third-order valence-corrected chi connectivity index (χ3v) is 6.19. The molecule has 2 amide bonds. The number of nitrogens with zero attached hydrogens (tertiary/aromatic N) is 1. The zero-order valence-corrected chi connectivity index (χ0v) is 23.4. The molecule has 0 fully saturated rings. The van der Waals surface area contributed by atoms with E-state index < -0.39 is 11.9 Å². The predicted molar refractivity (Wildman–Crippen MR) is 159 cm³/mol. The van der Waals surface area contributed by atoms with E-state index in [9.17, 15) is 14.4 Å². The molecule has 0 heterocycles. The molecule has 10 heteroatoms. The van der Waals surface area contributed by atoms with Crippen LogP contribution >= 0.6 is 23.2 Å². The van der Waals surface area contributed by atoms with Gasteiger partial charge in [-0.1, -0.05) is 53.5 Å². The summed E-state index contributed by atoms with van der Waals surface area (Å²) in [7, 11) is 0. The van der Waals surface area contributed by atoms with Crippen LogP contribution in [-0.2, 0) is 11.2 Å². The molecule has 0 saturated carbocycles. The summed E-state index contributed by atoms with van der Waals surface area (Å²) in [5.41, 5.74) is 5.06. The van der Waals surface area contributed by atoms with Gasteiger partial charge in [-0.2, -0.15) is 5.10 Å². The van der Waals surface area contributed by atoms with Crippen LogP contribution in [0.3, 0.4) is 0 Å². The standard InChI is InChI=1S/C31H25Cl2N3O5/c1-2-40-28-16-21(8-15-27(28)41-31(39)25-14-11-23(32)18-26(25)33)19-34-36-30(38)22-9-12-24(13-10-22)35-29(37)17-20-6-4-3-5-7-20/h3-16,18-19H,2,17H2,1H3,(H,35,37)(H,36,38)/b34-19-. The summed E-state index contributed by atoms with van der Waals surface area (Å²) in [4.78, 5) is 37.4. The number of hydrogen-bond acceptors (Lipinski definition) is 6. The minimum absolute atomic E-state index is 0.154. The smallest absolute Gasteiger partial charge is 0.345 e. The molecule has 4 rings (SSSR count). The van der Waals surface area contributed by atoms with Crippen molar-refractivity contribution in [3.05, 3.63) is 123 Å². The van der Waals surface area contributed by atoms with E-state index >= 15 is 0 Å². The van der Waals surface area contributed by atoms with Crippen molar-refractivity contribution in [2.45, 2.75) is 13.3 Å². The van der Waals surface area contributed by atoms with Gasteiger partial charge in [0.15, 0.2) is 11.5 Å². The van der Waals surface area contributed by atoms with Gasteiger partial charge in [-0.3, -0.25) is 9.59 Å². The molecule has 4 aromatic rings. The van der Waals surface area contributed by atoms with Crippen LogP contribution < -0.4 is 20.2 Å². The van der Waals surface area contributed by atoms with Gasteiger partial charge in [-0.25, -0.2) is 10.2 Å². The largest absolute Gasteiger partial charge is 0.490 e. The van der Waals surface area contributed by atoms with Crippen LogP contribution in [0.15, 0.2) is 96.1 Å². The molecule has 0 saturated heterocycles. The highest BCUT2D eigenvalue weighted by Gasteiger charge is 2.16. The Labute approximate surface area is 246 Å². The average Bonchev–Trinajstić information content (AvgIpc) is 2.95. The van der Waals surface area contributed by atoms with Crippen LogP contribution in [0.2, 0.25) is 10.0 Å². The van der Waals surface area contributed by atoms with Crippen LogP contribution in [0.25, 0.3) is 0 Å². The highest BCUT2D eigenvalue weighted by molar-refractivity contribution is 6.36. The van der Waals surface area contributed by atoms with Gasteiger partial charge in [0.05, 0.1) is 29.8 Å². The van der Waals surface area contributed by atoms with Crippen LogP contribution in [0.1, 0.15) is 38.8 Å². The minimum atomic E-state index is -0.664. The molecule has 0 aliphatic carbocycles. The fourth-order valence-corrected chi connectivity index (χ4v) is 4.17. The van der Waals surface area contributed by atoms with Crippen molar-refractivity contribution in [2.75, 3.05) is 11.9 Å². The van der Waals surface area contributed by atoms with Gasteiger partial charge in [0, 0.05) is 16.3 Å². The zero-order valence-electron chi connectivity index (χ0n) is 21.9. The quantitative estimate of drug-likeness (QED) is 0.0943. The Morgan fingerprint density at radius 1 is 0.878 bits per heavy atom. The van der Waals surface area contributed by atoms with E-state index in [-0.39, 0.29) is 28.7 Å². The second-order valence-electron chi connectivity index (χ2n) is 8.64. The van der Waals surface area contributed by atoms with E-state index in [2.05, 4.69) is 15.8 Å². The summed E-state index contributed by atoms with van der Waals surface area (Å²) in [5, 5.41) is 7.39. The number of hydrogen-bond donors (Lipinski definition) is 2. The Morgan fingerprint density at radius 2 is 1.63 bits per heavy atom. The Hall–Kier alpha value is -4.66. The first-order chi connectivity index (χ1) is 19.8. The number of carbonyl (C=O) groups excluding carboxylic acids is 3. The number of benzene rings is 4. The summed E-state index contributed by atoms with van der Waals surface area (Å²) in [6.07, 6.45) is 1.68. The number of anilines is 1. The third-order valence-electron chi connectivity index (χ3n) is 5.64. The van der Waals surface area contributed by atoms with Crippen molar-refractivity contribution in [1.82, 2.24) is 5.43 Å². The lowest BCUT2D eigenvalue weighted by Crippen LogP contribution is -2.18. The SMILES string of the molecule is CCOc1cc(/C=N\NC(=O)c2ccc(NC(=O)Cc3ccccc3)cc2)ccc1OC(=O)c1ccc(Cl)cc1Cl. The molecule has 0 spiro atoms. The van der Waals surface area contributed by atoms with Crippen molar-refractivity contribution in [2.24, 2.45) is 5.10 Å². The molecule has 0 unspecified atom stereocenters. The van der Waals surface area contributed by atoms with E-state index in [1.807, 2.05) is 30.3 Å². The monoisotopic (exact) mass is 589 g/mol. The Morgan fingerprint density at radius 3 is 2.34 bits per heavy atom. The van der Waals surface area contributed by atoms with E-state index in [0.717, 1.165) is 5.56 Å². The van der Waals surface area contributed by atoms with Gasteiger partial charge in [-0.15, -0.1) is 0 Å². The highest BCUT2D eigenvalue weighted by atomic mass is 35.5. The lowest BCUT2D eigenvalue weighted by molar-refractivity contribution is -0.115. The number of nitrogens with one attached hydrogen (secondary N) is 2. The number of ether oxygens (including phenoxy) is 2. The lowest BCUT2D eigenvalue weighted by atomic mass is 10.1. The van der Waals surface area contributed by atoms with E-state index in [1.165, 1.54) is 18.3 Å². The molecule has 0 aliphatic heterocycles. The maximum atomic E-state index is 12.6. The molecule has 0 bridgehead atoms. The fourth-order valence-electron chi connectivity index (χ4n) is 3.69. The average molecular weight is 590 g/mol. The number of carbonyl (C=O) groups is 3. The number of rotatable bonds is 10. The summed E-state index contributed by atoms with van der Waals surface area (Å²) in [5.74, 6) is -0.744. The number of esters is 1. The van der Waals surface area contributed by atoms with E-state index in [4.69, 9.17) is 32.7 Å². The minimum Gasteiger partial charge on any atom is -0.490 e. The van der Waals surface area contributed by atoms with Crippen LogP contribution in [0.5, 0.6) is 11.5 Å². The molecule has 4 aromatic carbocycles. The second kappa shape index (κ2) is 14.1. The van der Waals surface area contributed by atoms with Crippen LogP contribution in [-0.4, -0.2) is 30.6 Å². The number of hydrazone groups is 1.